The van der Waals surface area contributed by atoms with Crippen molar-refractivity contribution in [3.8, 4) is 0 Å². The van der Waals surface area contributed by atoms with E-state index in [1.54, 1.807) is 17.5 Å². The molecule has 2 aromatic rings. The van der Waals surface area contributed by atoms with Crippen LogP contribution < -0.4 is 5.32 Å². The monoisotopic (exact) mass is 339 g/mol. The molecule has 4 nitrogen and oxygen atoms in total. The van der Waals surface area contributed by atoms with Gasteiger partial charge in [-0.05, 0) is 46.7 Å². The number of fused-ring (bicyclic) bond motifs is 1. The largest absolute Gasteiger partial charge is 0.306 e. The molecule has 3 rings (SSSR count). The minimum Gasteiger partial charge on any atom is -0.306 e. The number of nitrogens with one attached hydrogen (secondary N) is 2. The van der Waals surface area contributed by atoms with E-state index in [1.165, 1.54) is 10.4 Å². The molecular formula is C13H14BrN3OS. The van der Waals surface area contributed by atoms with Crippen molar-refractivity contribution in [2.75, 3.05) is 5.32 Å². The Kier molecular flexibility index (Phi) is 3.45. The van der Waals surface area contributed by atoms with Gasteiger partial charge in [0.2, 0.25) is 0 Å². The summed E-state index contributed by atoms with van der Waals surface area (Å²) in [5, 5.41) is 11.5. The zero-order valence-corrected chi connectivity index (χ0v) is 12.9. The number of amides is 1. The summed E-state index contributed by atoms with van der Waals surface area (Å²) in [6.07, 6.45) is 4.89. The van der Waals surface area contributed by atoms with Crippen molar-refractivity contribution in [3.05, 3.63) is 32.1 Å². The van der Waals surface area contributed by atoms with Gasteiger partial charge in [-0.1, -0.05) is 6.92 Å². The number of nitrogens with zero attached hydrogens (tertiary/aromatic N) is 1. The van der Waals surface area contributed by atoms with Crippen molar-refractivity contribution in [1.82, 2.24) is 10.2 Å². The number of carbonyl (C=O) groups excluding carboxylic acids is 1. The van der Waals surface area contributed by atoms with Gasteiger partial charge in [-0.3, -0.25) is 9.89 Å². The van der Waals surface area contributed by atoms with Gasteiger partial charge >= 0.3 is 0 Å². The lowest BCUT2D eigenvalue weighted by molar-refractivity contribution is 0.102. The number of hydrogen-bond donors (Lipinski definition) is 2. The zero-order chi connectivity index (χ0) is 13.4. The van der Waals surface area contributed by atoms with Crippen LogP contribution in [0.15, 0.2) is 16.0 Å². The first kappa shape index (κ1) is 12.9. The summed E-state index contributed by atoms with van der Waals surface area (Å²) in [6.45, 7) is 2.27. The lowest BCUT2D eigenvalue weighted by Crippen LogP contribution is -2.16. The number of aromatic nitrogens is 2. The van der Waals surface area contributed by atoms with E-state index in [4.69, 9.17) is 0 Å². The number of halogens is 1. The number of carbonyl (C=O) groups is 1. The maximum absolute atomic E-state index is 12.3. The van der Waals surface area contributed by atoms with E-state index in [-0.39, 0.29) is 5.91 Å². The molecule has 1 atom stereocenters. The van der Waals surface area contributed by atoms with Crippen LogP contribution in [0.1, 0.15) is 34.1 Å². The van der Waals surface area contributed by atoms with Gasteiger partial charge in [-0.2, -0.15) is 5.10 Å². The number of thiophene rings is 1. The molecular weight excluding hydrogens is 326 g/mol. The van der Waals surface area contributed by atoms with Gasteiger partial charge in [0.15, 0.2) is 0 Å². The molecule has 0 saturated carbocycles. The molecule has 0 bridgehead atoms. The highest BCUT2D eigenvalue weighted by Gasteiger charge is 2.23. The Bertz CT molecular complexity index is 619. The van der Waals surface area contributed by atoms with Crippen LogP contribution in [-0.4, -0.2) is 16.1 Å². The Morgan fingerprint density at radius 2 is 2.47 bits per heavy atom. The molecule has 19 heavy (non-hydrogen) atoms. The summed E-state index contributed by atoms with van der Waals surface area (Å²) in [5.41, 5.74) is 2.05. The molecule has 2 aromatic heterocycles. The van der Waals surface area contributed by atoms with Crippen LogP contribution in [0.5, 0.6) is 0 Å². The molecule has 6 heteroatoms. The summed E-state index contributed by atoms with van der Waals surface area (Å²) in [6, 6.07) is 0. The fourth-order valence-electron chi connectivity index (χ4n) is 2.41. The molecule has 100 valence electrons. The van der Waals surface area contributed by atoms with E-state index >= 15 is 0 Å². The van der Waals surface area contributed by atoms with Crippen molar-refractivity contribution >= 4 is 39.0 Å². The Hall–Kier alpha value is -1.14. The van der Waals surface area contributed by atoms with E-state index in [2.05, 4.69) is 38.4 Å². The highest BCUT2D eigenvalue weighted by atomic mass is 79.9. The number of hydrogen-bond acceptors (Lipinski definition) is 3. The van der Waals surface area contributed by atoms with E-state index < -0.39 is 0 Å². The molecule has 1 unspecified atom stereocenters. The molecule has 0 saturated heterocycles. The first-order chi connectivity index (χ1) is 9.15. The molecule has 2 N–H and O–H groups in total. The van der Waals surface area contributed by atoms with Gasteiger partial charge < -0.3 is 5.32 Å². The maximum Gasteiger partial charge on any atom is 0.257 e. The molecule has 1 aliphatic rings. The predicted octanol–water partition coefficient (Wildman–Crippen LogP) is 3.61. The van der Waals surface area contributed by atoms with Crippen LogP contribution in [0, 0.1) is 5.92 Å². The average molecular weight is 340 g/mol. The smallest absolute Gasteiger partial charge is 0.257 e. The van der Waals surface area contributed by atoms with Crippen LogP contribution in [0.2, 0.25) is 0 Å². The minimum atomic E-state index is -0.0583. The van der Waals surface area contributed by atoms with E-state index in [0.29, 0.717) is 5.82 Å². The third kappa shape index (κ3) is 2.47. The number of rotatable bonds is 2. The Morgan fingerprint density at radius 3 is 3.21 bits per heavy atom. The van der Waals surface area contributed by atoms with Crippen molar-refractivity contribution in [2.45, 2.75) is 26.2 Å². The summed E-state index contributed by atoms with van der Waals surface area (Å²) < 4.78 is 0.763. The standard InChI is InChI=1S/C13H14BrN3OS/c1-7-2-3-8-9(6-19-11(8)4-7)13(18)16-12-10(14)5-15-17-12/h5-7H,2-4H2,1H3,(H2,15,16,17,18). The Balaban J connectivity index is 1.83. The van der Waals surface area contributed by atoms with Crippen molar-refractivity contribution in [2.24, 2.45) is 5.92 Å². The van der Waals surface area contributed by atoms with Gasteiger partial charge in [0.25, 0.3) is 5.91 Å². The normalized spacial score (nSPS) is 18.1. The topological polar surface area (TPSA) is 57.8 Å². The highest BCUT2D eigenvalue weighted by Crippen LogP contribution is 2.33. The highest BCUT2D eigenvalue weighted by molar-refractivity contribution is 9.10. The van der Waals surface area contributed by atoms with Crippen LogP contribution in [0.4, 0.5) is 5.82 Å². The molecule has 0 spiro atoms. The first-order valence-electron chi connectivity index (χ1n) is 6.24. The molecule has 2 heterocycles. The zero-order valence-electron chi connectivity index (χ0n) is 10.5. The minimum absolute atomic E-state index is 0.0583. The summed E-state index contributed by atoms with van der Waals surface area (Å²) >= 11 is 5.04. The second-order valence-corrected chi connectivity index (χ2v) is 6.76. The van der Waals surface area contributed by atoms with Gasteiger partial charge in [-0.15, -0.1) is 11.3 Å². The van der Waals surface area contributed by atoms with E-state index in [0.717, 1.165) is 35.2 Å². The number of anilines is 1. The lowest BCUT2D eigenvalue weighted by atomic mass is 9.88. The number of H-pyrrole nitrogens is 1. The van der Waals surface area contributed by atoms with Gasteiger partial charge in [0.05, 0.1) is 16.2 Å². The van der Waals surface area contributed by atoms with Crippen LogP contribution in [-0.2, 0) is 12.8 Å². The molecule has 0 aromatic carbocycles. The summed E-state index contributed by atoms with van der Waals surface area (Å²) in [4.78, 5) is 13.7. The second kappa shape index (κ2) is 5.09. The Morgan fingerprint density at radius 1 is 1.63 bits per heavy atom. The summed E-state index contributed by atoms with van der Waals surface area (Å²) in [7, 11) is 0. The molecule has 0 radical (unpaired) electrons. The Labute approximate surface area is 123 Å². The van der Waals surface area contributed by atoms with Crippen molar-refractivity contribution in [1.29, 1.82) is 0 Å². The quantitative estimate of drug-likeness (QED) is 0.877. The summed E-state index contributed by atoms with van der Waals surface area (Å²) in [5.74, 6) is 1.27. The average Bonchev–Trinajstić information content (AvgIpc) is 2.96. The molecule has 1 amide bonds. The van der Waals surface area contributed by atoms with Gasteiger partial charge in [0.1, 0.15) is 5.82 Å². The predicted molar refractivity (Wildman–Crippen MR) is 79.7 cm³/mol. The van der Waals surface area contributed by atoms with Crippen LogP contribution >= 0.6 is 27.3 Å². The van der Waals surface area contributed by atoms with E-state index in [1.807, 2.05) is 5.38 Å². The lowest BCUT2D eigenvalue weighted by Gasteiger charge is -2.18. The molecule has 1 aliphatic carbocycles. The second-order valence-electron chi connectivity index (χ2n) is 4.95. The fraction of sp³-hybridized carbons (Fsp3) is 0.385. The third-order valence-electron chi connectivity index (χ3n) is 3.48. The first-order valence-corrected chi connectivity index (χ1v) is 7.92. The fourth-order valence-corrected chi connectivity index (χ4v) is 3.94. The van der Waals surface area contributed by atoms with E-state index in [9.17, 15) is 4.79 Å². The van der Waals surface area contributed by atoms with Gasteiger partial charge in [0, 0.05) is 10.3 Å². The molecule has 0 aliphatic heterocycles. The van der Waals surface area contributed by atoms with Crippen molar-refractivity contribution in [3.63, 3.8) is 0 Å². The van der Waals surface area contributed by atoms with Gasteiger partial charge in [-0.25, -0.2) is 0 Å². The van der Waals surface area contributed by atoms with Crippen LogP contribution in [0.3, 0.4) is 0 Å². The SMILES string of the molecule is CC1CCc2c(C(=O)Nc3[nH]ncc3Br)csc2C1. The number of aromatic amines is 1. The van der Waals surface area contributed by atoms with Crippen LogP contribution in [0.25, 0.3) is 0 Å². The maximum atomic E-state index is 12.3. The molecule has 0 fully saturated rings. The third-order valence-corrected chi connectivity index (χ3v) is 5.13. The van der Waals surface area contributed by atoms with Crippen molar-refractivity contribution < 1.29 is 4.79 Å².